The minimum atomic E-state index is -0.566. The number of aromatic nitrogens is 2. The molecule has 0 aromatic carbocycles. The highest BCUT2D eigenvalue weighted by atomic mass is 16.2. The van der Waals surface area contributed by atoms with E-state index >= 15 is 0 Å². The lowest BCUT2D eigenvalue weighted by Crippen LogP contribution is -2.22. The molecule has 0 aliphatic carbocycles. The third kappa shape index (κ3) is 1.79. The van der Waals surface area contributed by atoms with Crippen LogP contribution in [0.2, 0.25) is 0 Å². The Morgan fingerprint density at radius 2 is 2.08 bits per heavy atom. The fourth-order valence-electron chi connectivity index (χ4n) is 0.687. The lowest BCUT2D eigenvalue weighted by Gasteiger charge is -1.87. The van der Waals surface area contributed by atoms with Gasteiger partial charge in [-0.3, -0.25) is 14.6 Å². The molecular weight excluding hydrogens is 160 g/mol. The number of hydrogen-bond donors (Lipinski definition) is 2. The normalized spacial score (nSPS) is 10.3. The van der Waals surface area contributed by atoms with Crippen LogP contribution >= 0.6 is 0 Å². The standard InChI is InChI=1S/C7H6N2O3/c10-3-1-2-5-4-8-7(12)9-6(5)11/h1-4H,(H2,8,9,11,12). The van der Waals surface area contributed by atoms with Crippen molar-refractivity contribution in [2.45, 2.75) is 0 Å². The lowest BCUT2D eigenvalue weighted by molar-refractivity contribution is -0.104. The highest BCUT2D eigenvalue weighted by molar-refractivity contribution is 5.73. The molecule has 1 heterocycles. The number of aromatic amines is 2. The minimum Gasteiger partial charge on any atom is -0.314 e. The number of hydrogen-bond acceptors (Lipinski definition) is 3. The summed E-state index contributed by atoms with van der Waals surface area (Å²) in [6, 6.07) is 0. The molecule has 1 rings (SSSR count). The topological polar surface area (TPSA) is 82.8 Å². The van der Waals surface area contributed by atoms with Gasteiger partial charge in [0.15, 0.2) is 0 Å². The molecule has 0 amide bonds. The average Bonchev–Trinajstić information content (AvgIpc) is 2.03. The Bertz CT molecular complexity index is 413. The number of aldehydes is 1. The van der Waals surface area contributed by atoms with E-state index < -0.39 is 11.2 Å². The van der Waals surface area contributed by atoms with E-state index in [0.717, 1.165) is 0 Å². The van der Waals surface area contributed by atoms with E-state index in [0.29, 0.717) is 6.29 Å². The van der Waals surface area contributed by atoms with Crippen LogP contribution in [0.1, 0.15) is 5.56 Å². The van der Waals surface area contributed by atoms with Crippen molar-refractivity contribution in [1.29, 1.82) is 0 Å². The number of rotatable bonds is 2. The van der Waals surface area contributed by atoms with Gasteiger partial charge in [0, 0.05) is 6.20 Å². The minimum absolute atomic E-state index is 0.238. The SMILES string of the molecule is O=CC=Cc1c[nH]c(=O)[nH]c1=O. The zero-order valence-corrected chi connectivity index (χ0v) is 6.03. The molecule has 0 unspecified atom stereocenters. The number of allylic oxidation sites excluding steroid dienone is 1. The van der Waals surface area contributed by atoms with Gasteiger partial charge in [-0.05, 0) is 12.2 Å². The molecule has 2 N–H and O–H groups in total. The molecule has 1 aromatic heterocycles. The second-order valence-electron chi connectivity index (χ2n) is 2.02. The van der Waals surface area contributed by atoms with E-state index in [1.807, 2.05) is 4.98 Å². The second kappa shape index (κ2) is 3.47. The molecule has 12 heavy (non-hydrogen) atoms. The summed E-state index contributed by atoms with van der Waals surface area (Å²) in [5, 5.41) is 0. The first-order chi connectivity index (χ1) is 5.74. The van der Waals surface area contributed by atoms with Gasteiger partial charge in [-0.25, -0.2) is 4.79 Å². The maximum Gasteiger partial charge on any atom is 0.325 e. The number of carbonyl (C=O) groups is 1. The summed E-state index contributed by atoms with van der Waals surface area (Å²) >= 11 is 0. The Labute approximate surface area is 66.8 Å². The van der Waals surface area contributed by atoms with E-state index in [1.165, 1.54) is 18.3 Å². The van der Waals surface area contributed by atoms with Crippen molar-refractivity contribution in [3.8, 4) is 0 Å². The van der Waals surface area contributed by atoms with Crippen molar-refractivity contribution in [3.63, 3.8) is 0 Å². The smallest absolute Gasteiger partial charge is 0.314 e. The first-order valence-corrected chi connectivity index (χ1v) is 3.18. The number of nitrogens with one attached hydrogen (secondary N) is 2. The van der Waals surface area contributed by atoms with Crippen molar-refractivity contribution in [3.05, 3.63) is 38.7 Å². The first kappa shape index (κ1) is 8.19. The molecule has 0 fully saturated rings. The average molecular weight is 166 g/mol. The largest absolute Gasteiger partial charge is 0.325 e. The fraction of sp³-hybridized carbons (Fsp3) is 0. The van der Waals surface area contributed by atoms with Gasteiger partial charge in [0.2, 0.25) is 0 Å². The van der Waals surface area contributed by atoms with Crippen LogP contribution in [0.5, 0.6) is 0 Å². The maximum atomic E-state index is 10.9. The summed E-state index contributed by atoms with van der Waals surface area (Å²) in [6.45, 7) is 0. The molecule has 0 radical (unpaired) electrons. The van der Waals surface area contributed by atoms with Crippen molar-refractivity contribution in [2.24, 2.45) is 0 Å². The fourth-order valence-corrected chi connectivity index (χ4v) is 0.687. The van der Waals surface area contributed by atoms with E-state index in [-0.39, 0.29) is 5.56 Å². The van der Waals surface area contributed by atoms with E-state index in [4.69, 9.17) is 0 Å². The summed E-state index contributed by atoms with van der Waals surface area (Å²) in [5.74, 6) is 0. The highest BCUT2D eigenvalue weighted by Gasteiger charge is 1.93. The summed E-state index contributed by atoms with van der Waals surface area (Å²) in [4.78, 5) is 35.6. The molecule has 0 atom stereocenters. The highest BCUT2D eigenvalue weighted by Crippen LogP contribution is 1.86. The summed E-state index contributed by atoms with van der Waals surface area (Å²) in [7, 11) is 0. The zero-order chi connectivity index (χ0) is 8.97. The van der Waals surface area contributed by atoms with Crippen LogP contribution in [0.3, 0.4) is 0 Å². The van der Waals surface area contributed by atoms with Gasteiger partial charge in [0.25, 0.3) is 5.56 Å². The summed E-state index contributed by atoms with van der Waals surface area (Å²) in [5.41, 5.74) is -0.846. The molecule has 5 heteroatoms. The Morgan fingerprint density at radius 1 is 1.33 bits per heavy atom. The number of H-pyrrole nitrogens is 2. The third-order valence-corrected chi connectivity index (χ3v) is 1.20. The van der Waals surface area contributed by atoms with Gasteiger partial charge in [-0.2, -0.15) is 0 Å². The van der Waals surface area contributed by atoms with Gasteiger partial charge in [-0.15, -0.1) is 0 Å². The molecule has 62 valence electrons. The van der Waals surface area contributed by atoms with Crippen LogP contribution < -0.4 is 11.2 Å². The van der Waals surface area contributed by atoms with Crippen molar-refractivity contribution in [1.82, 2.24) is 9.97 Å². The predicted octanol–water partition coefficient (Wildman–Crippen LogP) is -0.725. The van der Waals surface area contributed by atoms with Crippen LogP contribution in [0, 0.1) is 0 Å². The molecule has 0 aliphatic heterocycles. The lowest BCUT2D eigenvalue weighted by atomic mass is 10.3. The van der Waals surface area contributed by atoms with Gasteiger partial charge in [-0.1, -0.05) is 0 Å². The maximum absolute atomic E-state index is 10.9. The molecular formula is C7H6N2O3. The Morgan fingerprint density at radius 3 is 2.67 bits per heavy atom. The summed E-state index contributed by atoms with van der Waals surface area (Å²) < 4.78 is 0. The first-order valence-electron chi connectivity index (χ1n) is 3.18. The summed E-state index contributed by atoms with van der Waals surface area (Å²) in [6.07, 6.45) is 4.26. The van der Waals surface area contributed by atoms with E-state index in [9.17, 15) is 14.4 Å². The van der Waals surface area contributed by atoms with Gasteiger partial charge < -0.3 is 4.98 Å². The molecule has 0 bridgehead atoms. The monoisotopic (exact) mass is 166 g/mol. The van der Waals surface area contributed by atoms with Gasteiger partial charge in [0.05, 0.1) is 5.56 Å². The Balaban J connectivity index is 3.19. The van der Waals surface area contributed by atoms with Crippen molar-refractivity contribution in [2.75, 3.05) is 0 Å². The second-order valence-corrected chi connectivity index (χ2v) is 2.02. The van der Waals surface area contributed by atoms with Crippen LogP contribution in [0.25, 0.3) is 6.08 Å². The van der Waals surface area contributed by atoms with Crippen LogP contribution in [0.4, 0.5) is 0 Å². The van der Waals surface area contributed by atoms with Crippen LogP contribution in [0.15, 0.2) is 21.9 Å². The molecule has 1 aromatic rings. The van der Waals surface area contributed by atoms with Crippen LogP contribution in [-0.2, 0) is 4.79 Å². The zero-order valence-electron chi connectivity index (χ0n) is 6.03. The van der Waals surface area contributed by atoms with Crippen LogP contribution in [-0.4, -0.2) is 16.3 Å². The Hall–Kier alpha value is -1.91. The van der Waals surface area contributed by atoms with E-state index in [1.54, 1.807) is 0 Å². The molecule has 5 nitrogen and oxygen atoms in total. The molecule has 0 saturated carbocycles. The number of carbonyl (C=O) groups excluding carboxylic acids is 1. The molecule has 0 spiro atoms. The van der Waals surface area contributed by atoms with E-state index in [2.05, 4.69) is 4.98 Å². The van der Waals surface area contributed by atoms with Crippen molar-refractivity contribution < 1.29 is 4.79 Å². The Kier molecular flexibility index (Phi) is 2.37. The van der Waals surface area contributed by atoms with Crippen molar-refractivity contribution >= 4 is 12.4 Å². The van der Waals surface area contributed by atoms with Gasteiger partial charge >= 0.3 is 5.69 Å². The quantitative estimate of drug-likeness (QED) is 0.449. The molecule has 0 aliphatic rings. The third-order valence-electron chi connectivity index (χ3n) is 1.20. The van der Waals surface area contributed by atoms with Gasteiger partial charge in [0.1, 0.15) is 6.29 Å². The predicted molar refractivity (Wildman–Crippen MR) is 42.8 cm³/mol. The molecule has 0 saturated heterocycles.